The van der Waals surface area contributed by atoms with E-state index in [1.54, 1.807) is 0 Å². The van der Waals surface area contributed by atoms with Gasteiger partial charge in [0.1, 0.15) is 0 Å². The van der Waals surface area contributed by atoms with Gasteiger partial charge in [-0.3, -0.25) is 0 Å². The summed E-state index contributed by atoms with van der Waals surface area (Å²) < 4.78 is 12.1. The molecule has 0 radical (unpaired) electrons. The van der Waals surface area contributed by atoms with Crippen molar-refractivity contribution in [1.29, 1.82) is 0 Å². The topological polar surface area (TPSA) is 17.1 Å². The Morgan fingerprint density at radius 1 is 1.29 bits per heavy atom. The third-order valence-corrected chi connectivity index (χ3v) is 5.77. The molecule has 1 aromatic carbocycles. The second-order valence-electron chi connectivity index (χ2n) is 3.81. The normalized spacial score (nSPS) is 26.2. The predicted octanol–water partition coefficient (Wildman–Crippen LogP) is 3.47. The second-order valence-corrected chi connectivity index (χ2v) is 7.24. The Bertz CT molecular complexity index is 392. The van der Waals surface area contributed by atoms with Crippen LogP contribution in [0.3, 0.4) is 0 Å². The molecule has 1 aromatic rings. The van der Waals surface area contributed by atoms with Crippen LogP contribution in [0.1, 0.15) is 12.5 Å². The molecule has 0 bridgehead atoms. The minimum atomic E-state index is -1.87. The van der Waals surface area contributed by atoms with Crippen molar-refractivity contribution in [3.63, 3.8) is 0 Å². The molecule has 0 saturated carbocycles. The Labute approximate surface area is 85.2 Å². The van der Waals surface area contributed by atoms with Gasteiger partial charge in [-0.15, -0.1) is 0 Å². The fourth-order valence-corrected chi connectivity index (χ4v) is 3.91. The third kappa shape index (κ3) is 1.83. The van der Waals surface area contributed by atoms with E-state index in [2.05, 4.69) is 18.2 Å². The molecule has 1 heterocycles. The van der Waals surface area contributed by atoms with Gasteiger partial charge in [0.15, 0.2) is 0 Å². The highest BCUT2D eigenvalue weighted by Gasteiger charge is 2.26. The number of allylic oxidation sites excluding steroid dienone is 2. The Kier molecular flexibility index (Phi) is 2.60. The van der Waals surface area contributed by atoms with Crippen LogP contribution < -0.4 is 0 Å². The van der Waals surface area contributed by atoms with Gasteiger partial charge in [-0.05, 0) is 17.3 Å². The Morgan fingerprint density at radius 3 is 2.57 bits per heavy atom. The Morgan fingerprint density at radius 2 is 2.00 bits per heavy atom. The summed E-state index contributed by atoms with van der Waals surface area (Å²) in [7, 11) is -1.87. The van der Waals surface area contributed by atoms with Gasteiger partial charge in [0, 0.05) is 12.3 Å². The second kappa shape index (κ2) is 3.74. The molecule has 0 aliphatic carbocycles. The van der Waals surface area contributed by atoms with E-state index < -0.39 is 7.14 Å². The average Bonchev–Trinajstić information content (AvgIpc) is 2.63. The molecule has 0 N–H and O–H groups in total. The van der Waals surface area contributed by atoms with Gasteiger partial charge >= 0.3 is 0 Å². The molecule has 14 heavy (non-hydrogen) atoms. The summed E-state index contributed by atoms with van der Waals surface area (Å²) in [6.45, 7) is 2.03. The lowest BCUT2D eigenvalue weighted by molar-refractivity contribution is 0.580. The molecular formula is C12H15OP. The van der Waals surface area contributed by atoms with Crippen molar-refractivity contribution in [2.45, 2.75) is 6.92 Å². The number of hydrogen-bond donors (Lipinski definition) is 0. The van der Waals surface area contributed by atoms with E-state index in [4.69, 9.17) is 0 Å². The van der Waals surface area contributed by atoms with Gasteiger partial charge < -0.3 is 4.57 Å². The summed E-state index contributed by atoms with van der Waals surface area (Å²) in [5, 5.41) is 0. The molecule has 0 fully saturated rings. The maximum absolute atomic E-state index is 12.1. The van der Waals surface area contributed by atoms with Crippen LogP contribution >= 0.6 is 7.14 Å². The molecule has 1 aliphatic heterocycles. The molecule has 0 spiro atoms. The van der Waals surface area contributed by atoms with Gasteiger partial charge in [0.2, 0.25) is 0 Å². The third-order valence-electron chi connectivity index (χ3n) is 2.85. The zero-order chi connectivity index (χ0) is 10.0. The largest absolute Gasteiger partial charge is 0.323 e. The summed E-state index contributed by atoms with van der Waals surface area (Å²) in [5.41, 5.74) is 2.51. The lowest BCUT2D eigenvalue weighted by Crippen LogP contribution is -1.90. The van der Waals surface area contributed by atoms with Crippen molar-refractivity contribution in [3.8, 4) is 0 Å². The van der Waals surface area contributed by atoms with Gasteiger partial charge in [-0.2, -0.15) is 0 Å². The first-order valence-corrected chi connectivity index (χ1v) is 7.31. The fourth-order valence-electron chi connectivity index (χ4n) is 1.82. The first-order chi connectivity index (χ1) is 6.73. The summed E-state index contributed by atoms with van der Waals surface area (Å²) >= 11 is 0. The predicted molar refractivity (Wildman–Crippen MR) is 62.3 cm³/mol. The van der Waals surface area contributed by atoms with Crippen LogP contribution in [0.5, 0.6) is 0 Å². The van der Waals surface area contributed by atoms with Crippen LogP contribution in [-0.4, -0.2) is 18.5 Å². The van der Waals surface area contributed by atoms with Crippen LogP contribution in [0.25, 0.3) is 5.57 Å². The van der Waals surface area contributed by atoms with E-state index in [0.717, 1.165) is 18.5 Å². The smallest absolute Gasteiger partial charge is 0.0952 e. The minimum Gasteiger partial charge on any atom is -0.323 e. The molecule has 1 atom stereocenters. The van der Waals surface area contributed by atoms with E-state index in [0.29, 0.717) is 0 Å². The first-order valence-electron chi connectivity index (χ1n) is 5.05. The van der Waals surface area contributed by atoms with E-state index in [1.165, 1.54) is 11.1 Å². The first kappa shape index (κ1) is 9.73. The van der Waals surface area contributed by atoms with Crippen LogP contribution in [0, 0.1) is 0 Å². The van der Waals surface area contributed by atoms with Crippen molar-refractivity contribution >= 4 is 12.7 Å². The molecule has 2 rings (SSSR count). The number of rotatable bonds is 2. The number of hydrogen-bond acceptors (Lipinski definition) is 1. The van der Waals surface area contributed by atoms with Crippen LogP contribution in [0.4, 0.5) is 0 Å². The van der Waals surface area contributed by atoms with Crippen molar-refractivity contribution in [2.75, 3.05) is 18.5 Å². The maximum atomic E-state index is 12.1. The molecule has 0 amide bonds. The van der Waals surface area contributed by atoms with Crippen molar-refractivity contribution < 1.29 is 4.57 Å². The van der Waals surface area contributed by atoms with Gasteiger partial charge in [0.05, 0.1) is 7.14 Å². The summed E-state index contributed by atoms with van der Waals surface area (Å²) in [4.78, 5) is 0. The van der Waals surface area contributed by atoms with E-state index in [9.17, 15) is 4.57 Å². The molecule has 1 nitrogen and oxygen atoms in total. The monoisotopic (exact) mass is 206 g/mol. The van der Waals surface area contributed by atoms with Crippen molar-refractivity contribution in [1.82, 2.24) is 0 Å². The molecule has 1 aliphatic rings. The molecular weight excluding hydrogens is 191 g/mol. The number of benzene rings is 1. The lowest BCUT2D eigenvalue weighted by atomic mass is 10.1. The minimum absolute atomic E-state index is 0.799. The van der Waals surface area contributed by atoms with Crippen LogP contribution in [0.15, 0.2) is 36.4 Å². The highest BCUT2D eigenvalue weighted by Crippen LogP contribution is 2.53. The quantitative estimate of drug-likeness (QED) is 0.677. The summed E-state index contributed by atoms with van der Waals surface area (Å²) in [5.74, 6) is 0. The standard InChI is InChI=1S/C12H15OP/c1-2-14(13)9-8-12(10-14)11-6-4-3-5-7-11/h3-8H,2,9-10H2,1H3. The average molecular weight is 206 g/mol. The van der Waals surface area contributed by atoms with Crippen molar-refractivity contribution in [3.05, 3.63) is 42.0 Å². The van der Waals surface area contributed by atoms with Crippen LogP contribution in [0.2, 0.25) is 0 Å². The maximum Gasteiger partial charge on any atom is 0.0952 e. The van der Waals surface area contributed by atoms with Gasteiger partial charge in [-0.25, -0.2) is 0 Å². The zero-order valence-electron chi connectivity index (χ0n) is 8.44. The summed E-state index contributed by atoms with van der Waals surface area (Å²) in [6, 6.07) is 10.3. The zero-order valence-corrected chi connectivity index (χ0v) is 9.34. The van der Waals surface area contributed by atoms with Crippen LogP contribution in [-0.2, 0) is 4.57 Å². The summed E-state index contributed by atoms with van der Waals surface area (Å²) in [6.07, 6.45) is 4.58. The molecule has 0 aromatic heterocycles. The lowest BCUT2D eigenvalue weighted by Gasteiger charge is -2.08. The van der Waals surface area contributed by atoms with Crippen molar-refractivity contribution in [2.24, 2.45) is 0 Å². The highest BCUT2D eigenvalue weighted by molar-refractivity contribution is 7.65. The van der Waals surface area contributed by atoms with E-state index >= 15 is 0 Å². The fraction of sp³-hybridized carbons (Fsp3) is 0.333. The molecule has 74 valence electrons. The highest BCUT2D eigenvalue weighted by atomic mass is 31.2. The molecule has 0 saturated heterocycles. The molecule has 1 unspecified atom stereocenters. The van der Waals surface area contributed by atoms with E-state index in [-0.39, 0.29) is 0 Å². The Hall–Kier alpha value is -0.810. The SMILES string of the molecule is CCP1(=O)CC=C(c2ccccc2)C1. The molecule has 2 heteroatoms. The van der Waals surface area contributed by atoms with Gasteiger partial charge in [0.25, 0.3) is 0 Å². The Balaban J connectivity index is 2.21. The van der Waals surface area contributed by atoms with Gasteiger partial charge in [-0.1, -0.05) is 43.3 Å². The van der Waals surface area contributed by atoms with E-state index in [1.807, 2.05) is 25.1 Å².